The average molecular weight is 343 g/mol. The van der Waals surface area contributed by atoms with Gasteiger partial charge in [0.25, 0.3) is 11.5 Å². The number of ether oxygens (including phenoxy) is 1. The summed E-state index contributed by atoms with van der Waals surface area (Å²) in [6.45, 7) is 6.39. The summed E-state index contributed by atoms with van der Waals surface area (Å²) in [7, 11) is 0. The third kappa shape index (κ3) is 3.58. The van der Waals surface area contributed by atoms with Gasteiger partial charge in [0.2, 0.25) is 0 Å². The molecule has 1 fully saturated rings. The first-order valence-corrected chi connectivity index (χ1v) is 9.06. The van der Waals surface area contributed by atoms with Crippen LogP contribution in [0.25, 0.3) is 10.8 Å². The van der Waals surface area contributed by atoms with Gasteiger partial charge in [-0.2, -0.15) is 5.10 Å². The van der Waals surface area contributed by atoms with Gasteiger partial charge >= 0.3 is 0 Å². The number of carbonyl (C=O) groups excluding carboxylic acids is 1. The van der Waals surface area contributed by atoms with Crippen molar-refractivity contribution < 1.29 is 9.53 Å². The molecule has 0 unspecified atom stereocenters. The van der Waals surface area contributed by atoms with Crippen LogP contribution in [-0.4, -0.2) is 46.4 Å². The number of hydrogen-bond donors (Lipinski definition) is 0. The number of amides is 1. The van der Waals surface area contributed by atoms with E-state index in [9.17, 15) is 9.59 Å². The van der Waals surface area contributed by atoms with Gasteiger partial charge < -0.3 is 9.64 Å². The average Bonchev–Trinajstić information content (AvgIpc) is 2.64. The molecule has 6 heteroatoms. The van der Waals surface area contributed by atoms with Crippen LogP contribution >= 0.6 is 0 Å². The van der Waals surface area contributed by atoms with E-state index in [4.69, 9.17) is 4.74 Å². The smallest absolute Gasteiger partial charge is 0.275 e. The molecule has 1 aliphatic rings. The minimum Gasteiger partial charge on any atom is -0.377 e. The van der Waals surface area contributed by atoms with E-state index < -0.39 is 0 Å². The fraction of sp³-hybridized carbons (Fsp3) is 0.526. The number of hydrogen-bond acceptors (Lipinski definition) is 4. The van der Waals surface area contributed by atoms with Crippen molar-refractivity contribution >= 4 is 16.7 Å². The maximum Gasteiger partial charge on any atom is 0.275 e. The minimum absolute atomic E-state index is 0.0792. The van der Waals surface area contributed by atoms with Gasteiger partial charge in [-0.1, -0.05) is 25.1 Å². The van der Waals surface area contributed by atoms with Crippen molar-refractivity contribution in [1.82, 2.24) is 14.7 Å². The predicted molar refractivity (Wildman–Crippen MR) is 96.8 cm³/mol. The molecule has 6 nitrogen and oxygen atoms in total. The lowest BCUT2D eigenvalue weighted by Gasteiger charge is -2.32. The lowest BCUT2D eigenvalue weighted by atomic mass is 10.1. The van der Waals surface area contributed by atoms with Crippen LogP contribution in [0, 0.1) is 0 Å². The van der Waals surface area contributed by atoms with Gasteiger partial charge in [0.05, 0.1) is 11.5 Å². The van der Waals surface area contributed by atoms with Crippen LogP contribution < -0.4 is 5.56 Å². The molecule has 1 atom stereocenters. The Bertz CT molecular complexity index is 813. The van der Waals surface area contributed by atoms with Gasteiger partial charge in [-0.05, 0) is 32.3 Å². The molecule has 3 rings (SSSR count). The van der Waals surface area contributed by atoms with Crippen molar-refractivity contribution in [1.29, 1.82) is 0 Å². The third-order valence-electron chi connectivity index (χ3n) is 4.57. The lowest BCUT2D eigenvalue weighted by molar-refractivity contribution is 0.00702. The maximum atomic E-state index is 13.1. The number of benzene rings is 1. The van der Waals surface area contributed by atoms with Crippen LogP contribution in [0.15, 0.2) is 29.1 Å². The normalized spacial score (nSPS) is 17.8. The highest BCUT2D eigenvalue weighted by Gasteiger charge is 2.27. The second-order valence-electron chi connectivity index (χ2n) is 6.39. The Labute approximate surface area is 147 Å². The molecule has 2 aromatic rings. The van der Waals surface area contributed by atoms with E-state index in [1.807, 2.05) is 26.0 Å². The number of rotatable bonds is 5. The number of likely N-dealkylation sites (tertiary alicyclic amines) is 1. The lowest BCUT2D eigenvalue weighted by Crippen LogP contribution is -2.44. The second-order valence-corrected chi connectivity index (χ2v) is 6.39. The molecule has 1 amide bonds. The van der Waals surface area contributed by atoms with Crippen LogP contribution in [0.5, 0.6) is 0 Å². The predicted octanol–water partition coefficient (Wildman–Crippen LogP) is 2.45. The van der Waals surface area contributed by atoms with Crippen LogP contribution in [-0.2, 0) is 11.3 Å². The molecule has 1 saturated heterocycles. The molecule has 1 aromatic heterocycles. The molecule has 0 bridgehead atoms. The third-order valence-corrected chi connectivity index (χ3v) is 4.57. The zero-order valence-electron chi connectivity index (χ0n) is 14.9. The molecule has 0 aliphatic carbocycles. The first kappa shape index (κ1) is 17.6. The Morgan fingerprint density at radius 3 is 2.76 bits per heavy atom. The SMILES string of the molecule is CCCn1nc(C(=O)N2CCC[C@@H](OCC)C2)c2ccccc2c1=O. The highest BCUT2D eigenvalue weighted by Crippen LogP contribution is 2.19. The van der Waals surface area contributed by atoms with E-state index in [-0.39, 0.29) is 17.6 Å². The second kappa shape index (κ2) is 7.78. The minimum atomic E-state index is -0.139. The zero-order chi connectivity index (χ0) is 17.8. The highest BCUT2D eigenvalue weighted by atomic mass is 16.5. The molecule has 1 aromatic carbocycles. The molecule has 134 valence electrons. The van der Waals surface area contributed by atoms with Crippen LogP contribution in [0.3, 0.4) is 0 Å². The van der Waals surface area contributed by atoms with Crippen molar-refractivity contribution in [3.63, 3.8) is 0 Å². The molecule has 0 N–H and O–H groups in total. The standard InChI is InChI=1S/C19H25N3O3/c1-3-11-22-18(23)16-10-6-5-9-15(16)17(20-22)19(24)21-12-7-8-14(13-21)25-4-2/h5-6,9-10,14H,3-4,7-8,11-13H2,1-2H3/t14-/m1/s1. The van der Waals surface area contributed by atoms with Crippen molar-refractivity contribution in [2.75, 3.05) is 19.7 Å². The van der Waals surface area contributed by atoms with Crippen molar-refractivity contribution in [2.45, 2.75) is 45.8 Å². The fourth-order valence-corrected chi connectivity index (χ4v) is 3.40. The van der Waals surface area contributed by atoms with Crippen molar-refractivity contribution in [2.24, 2.45) is 0 Å². The van der Waals surface area contributed by atoms with Gasteiger partial charge in [-0.3, -0.25) is 9.59 Å². The quantitative estimate of drug-likeness (QED) is 0.836. The van der Waals surface area contributed by atoms with E-state index in [1.54, 1.807) is 17.0 Å². The van der Waals surface area contributed by atoms with Gasteiger partial charge in [0.15, 0.2) is 5.69 Å². The molecule has 0 radical (unpaired) electrons. The maximum absolute atomic E-state index is 13.1. The first-order chi connectivity index (χ1) is 12.2. The highest BCUT2D eigenvalue weighted by molar-refractivity contribution is 6.04. The summed E-state index contributed by atoms with van der Waals surface area (Å²) in [6.07, 6.45) is 2.76. The van der Waals surface area contributed by atoms with Crippen LogP contribution in [0.2, 0.25) is 0 Å². The molecular weight excluding hydrogens is 318 g/mol. The summed E-state index contributed by atoms with van der Waals surface area (Å²) in [5.41, 5.74) is 0.223. The van der Waals surface area contributed by atoms with Gasteiger partial charge in [-0.15, -0.1) is 0 Å². The molecule has 1 aliphatic heterocycles. The van der Waals surface area contributed by atoms with Crippen LogP contribution in [0.4, 0.5) is 0 Å². The number of piperidine rings is 1. The summed E-state index contributed by atoms with van der Waals surface area (Å²) in [4.78, 5) is 27.5. The summed E-state index contributed by atoms with van der Waals surface area (Å²) >= 11 is 0. The molecule has 0 spiro atoms. The Kier molecular flexibility index (Phi) is 5.48. The van der Waals surface area contributed by atoms with E-state index >= 15 is 0 Å². The molecule has 2 heterocycles. The Morgan fingerprint density at radius 2 is 2.04 bits per heavy atom. The van der Waals surface area contributed by atoms with Gasteiger partial charge in [-0.25, -0.2) is 4.68 Å². The Hall–Kier alpha value is -2.21. The van der Waals surface area contributed by atoms with E-state index in [1.165, 1.54) is 4.68 Å². The monoisotopic (exact) mass is 343 g/mol. The molecular formula is C19H25N3O3. The number of carbonyl (C=O) groups is 1. The van der Waals surface area contributed by atoms with Crippen molar-refractivity contribution in [3.8, 4) is 0 Å². The van der Waals surface area contributed by atoms with Crippen LogP contribution in [0.1, 0.15) is 43.6 Å². The molecule has 25 heavy (non-hydrogen) atoms. The van der Waals surface area contributed by atoms with Crippen molar-refractivity contribution in [3.05, 3.63) is 40.3 Å². The summed E-state index contributed by atoms with van der Waals surface area (Å²) in [6, 6.07) is 7.22. The number of aryl methyl sites for hydroxylation is 1. The Balaban J connectivity index is 2.00. The largest absolute Gasteiger partial charge is 0.377 e. The fourth-order valence-electron chi connectivity index (χ4n) is 3.40. The van der Waals surface area contributed by atoms with E-state index in [0.717, 1.165) is 19.3 Å². The van der Waals surface area contributed by atoms with E-state index in [2.05, 4.69) is 5.10 Å². The molecule has 0 saturated carbocycles. The summed E-state index contributed by atoms with van der Waals surface area (Å²) < 4.78 is 7.11. The Morgan fingerprint density at radius 1 is 1.28 bits per heavy atom. The number of aromatic nitrogens is 2. The topological polar surface area (TPSA) is 64.4 Å². The summed E-state index contributed by atoms with van der Waals surface area (Å²) in [5, 5.41) is 5.59. The van der Waals surface area contributed by atoms with Gasteiger partial charge in [0, 0.05) is 31.6 Å². The summed E-state index contributed by atoms with van der Waals surface area (Å²) in [5.74, 6) is -0.120. The first-order valence-electron chi connectivity index (χ1n) is 9.06. The van der Waals surface area contributed by atoms with Gasteiger partial charge in [0.1, 0.15) is 0 Å². The number of nitrogens with zero attached hydrogens (tertiary/aromatic N) is 3. The zero-order valence-corrected chi connectivity index (χ0v) is 14.9. The van der Waals surface area contributed by atoms with E-state index in [0.29, 0.717) is 42.7 Å². The number of fused-ring (bicyclic) bond motifs is 1.